The first kappa shape index (κ1) is 12.1. The number of nitrogens with zero attached hydrogens (tertiary/aromatic N) is 3. The van der Waals surface area contributed by atoms with Crippen LogP contribution in [0.2, 0.25) is 0 Å². The first-order valence-electron chi connectivity index (χ1n) is 5.39. The lowest BCUT2D eigenvalue weighted by molar-refractivity contribution is -0.150. The molecule has 0 aliphatic heterocycles. The van der Waals surface area contributed by atoms with E-state index in [4.69, 9.17) is 9.84 Å². The van der Waals surface area contributed by atoms with Gasteiger partial charge in [-0.15, -0.1) is 0 Å². The summed E-state index contributed by atoms with van der Waals surface area (Å²) in [6.07, 6.45) is 1.36. The molecule has 6 nitrogen and oxygen atoms in total. The molecule has 1 aromatic heterocycles. The number of hydrogen-bond acceptors (Lipinski definition) is 4. The van der Waals surface area contributed by atoms with Gasteiger partial charge in [0, 0.05) is 0 Å². The fourth-order valence-corrected chi connectivity index (χ4v) is 1.61. The molecule has 1 unspecified atom stereocenters. The highest BCUT2D eigenvalue weighted by atomic mass is 16.5. The Morgan fingerprint density at radius 2 is 2.22 bits per heavy atom. The Balaban J connectivity index is 2.27. The third-order valence-electron chi connectivity index (χ3n) is 2.46. The van der Waals surface area contributed by atoms with Gasteiger partial charge in [0.15, 0.2) is 0 Å². The molecular weight excluding hydrogens is 234 g/mol. The van der Waals surface area contributed by atoms with E-state index in [-0.39, 0.29) is 0 Å². The van der Waals surface area contributed by atoms with Gasteiger partial charge in [0.2, 0.25) is 0 Å². The molecule has 94 valence electrons. The van der Waals surface area contributed by atoms with Crippen molar-refractivity contribution in [3.05, 3.63) is 42.0 Å². The smallest absolute Gasteiger partial charge is 0.368 e. The van der Waals surface area contributed by atoms with Crippen molar-refractivity contribution >= 4 is 5.97 Å². The van der Waals surface area contributed by atoms with E-state index in [9.17, 15) is 4.79 Å². The minimum atomic E-state index is -1.21. The maximum Gasteiger partial charge on any atom is 0.368 e. The van der Waals surface area contributed by atoms with Crippen LogP contribution in [0.5, 0.6) is 5.75 Å². The second-order valence-corrected chi connectivity index (χ2v) is 3.95. The van der Waals surface area contributed by atoms with Crippen LogP contribution in [0.25, 0.3) is 0 Å². The number of carboxylic acids is 1. The van der Waals surface area contributed by atoms with Crippen molar-refractivity contribution in [1.82, 2.24) is 14.8 Å². The number of ether oxygens (including phenoxy) is 1. The Bertz CT molecular complexity index is 552. The molecule has 0 spiro atoms. The van der Waals surface area contributed by atoms with E-state index in [1.165, 1.54) is 12.7 Å². The molecule has 18 heavy (non-hydrogen) atoms. The van der Waals surface area contributed by atoms with Crippen molar-refractivity contribution in [3.63, 3.8) is 0 Å². The van der Waals surface area contributed by atoms with E-state index in [1.54, 1.807) is 6.07 Å². The number of hydrogen-bond donors (Lipinski definition) is 1. The van der Waals surface area contributed by atoms with Crippen LogP contribution in [0.4, 0.5) is 0 Å². The molecule has 1 aromatic carbocycles. The molecule has 0 amide bonds. The molecule has 0 aliphatic carbocycles. The Labute approximate surface area is 104 Å². The van der Waals surface area contributed by atoms with Gasteiger partial charge in [-0.25, -0.2) is 14.5 Å². The third kappa shape index (κ3) is 2.48. The molecule has 0 aliphatic rings. The first-order valence-corrected chi connectivity index (χ1v) is 5.39. The maximum atomic E-state index is 11.2. The van der Waals surface area contributed by atoms with Gasteiger partial charge in [0.25, 0.3) is 6.23 Å². The van der Waals surface area contributed by atoms with Crippen molar-refractivity contribution in [1.29, 1.82) is 0 Å². The predicted octanol–water partition coefficient (Wildman–Crippen LogP) is 1.56. The number of aryl methyl sites for hydroxylation is 2. The fraction of sp³-hybridized carbons (Fsp3) is 0.250. The van der Waals surface area contributed by atoms with Gasteiger partial charge in [-0.05, 0) is 25.5 Å². The van der Waals surface area contributed by atoms with Crippen LogP contribution in [0.15, 0.2) is 30.9 Å². The number of rotatable bonds is 4. The second-order valence-electron chi connectivity index (χ2n) is 3.95. The van der Waals surface area contributed by atoms with Crippen LogP contribution >= 0.6 is 0 Å². The molecule has 0 saturated heterocycles. The van der Waals surface area contributed by atoms with Gasteiger partial charge >= 0.3 is 5.97 Å². The zero-order chi connectivity index (χ0) is 13.1. The van der Waals surface area contributed by atoms with Crippen LogP contribution in [-0.2, 0) is 4.79 Å². The Morgan fingerprint density at radius 1 is 1.44 bits per heavy atom. The van der Waals surface area contributed by atoms with Crippen LogP contribution in [0, 0.1) is 13.8 Å². The monoisotopic (exact) mass is 247 g/mol. The largest absolute Gasteiger partial charge is 0.477 e. The summed E-state index contributed by atoms with van der Waals surface area (Å²) < 4.78 is 6.62. The zero-order valence-corrected chi connectivity index (χ0v) is 10.1. The Morgan fingerprint density at radius 3 is 2.78 bits per heavy atom. The van der Waals surface area contributed by atoms with Crippen molar-refractivity contribution < 1.29 is 14.6 Å². The van der Waals surface area contributed by atoms with E-state index in [2.05, 4.69) is 10.1 Å². The minimum Gasteiger partial charge on any atom is -0.477 e. The molecule has 2 aromatic rings. The highest BCUT2D eigenvalue weighted by Crippen LogP contribution is 2.22. The quantitative estimate of drug-likeness (QED) is 0.887. The lowest BCUT2D eigenvalue weighted by Gasteiger charge is -2.16. The summed E-state index contributed by atoms with van der Waals surface area (Å²) in [7, 11) is 0. The van der Waals surface area contributed by atoms with E-state index in [1.807, 2.05) is 26.0 Å². The summed E-state index contributed by atoms with van der Waals surface area (Å²) in [5, 5.41) is 12.9. The molecule has 0 fully saturated rings. The lowest BCUT2D eigenvalue weighted by atomic mass is 10.1. The van der Waals surface area contributed by atoms with Gasteiger partial charge in [0.05, 0.1) is 0 Å². The normalized spacial score (nSPS) is 12.1. The van der Waals surface area contributed by atoms with E-state index in [0.717, 1.165) is 15.8 Å². The zero-order valence-electron chi connectivity index (χ0n) is 10.1. The fourth-order valence-electron chi connectivity index (χ4n) is 1.61. The van der Waals surface area contributed by atoms with Crippen molar-refractivity contribution in [2.75, 3.05) is 0 Å². The molecule has 0 saturated carbocycles. The van der Waals surface area contributed by atoms with Crippen molar-refractivity contribution in [2.45, 2.75) is 20.1 Å². The third-order valence-corrected chi connectivity index (χ3v) is 2.46. The van der Waals surface area contributed by atoms with Crippen LogP contribution in [0.1, 0.15) is 17.4 Å². The molecule has 1 heterocycles. The summed E-state index contributed by atoms with van der Waals surface area (Å²) in [6.45, 7) is 3.82. The van der Waals surface area contributed by atoms with E-state index < -0.39 is 12.2 Å². The van der Waals surface area contributed by atoms with Gasteiger partial charge in [-0.1, -0.05) is 17.7 Å². The molecule has 0 bridgehead atoms. The predicted molar refractivity (Wildman–Crippen MR) is 63.2 cm³/mol. The summed E-state index contributed by atoms with van der Waals surface area (Å²) in [5.74, 6) is -0.607. The second kappa shape index (κ2) is 4.87. The Hall–Kier alpha value is -2.37. The summed E-state index contributed by atoms with van der Waals surface area (Å²) in [4.78, 5) is 14.9. The number of aliphatic carboxylic acids is 1. The number of carboxylic acid groups (broad SMARTS) is 1. The number of carbonyl (C=O) groups is 1. The molecular formula is C12H13N3O3. The SMILES string of the molecule is Cc1ccc(OC(C(=O)O)n2cncn2)c(C)c1. The number of aromatic nitrogens is 3. The minimum absolute atomic E-state index is 0.517. The topological polar surface area (TPSA) is 77.2 Å². The molecule has 1 N–H and O–H groups in total. The molecule has 0 radical (unpaired) electrons. The van der Waals surface area contributed by atoms with Gasteiger partial charge in [-0.2, -0.15) is 5.10 Å². The summed E-state index contributed by atoms with van der Waals surface area (Å²) in [5.41, 5.74) is 1.97. The van der Waals surface area contributed by atoms with Gasteiger partial charge in [-0.3, -0.25) is 0 Å². The van der Waals surface area contributed by atoms with Crippen LogP contribution < -0.4 is 4.74 Å². The van der Waals surface area contributed by atoms with Crippen molar-refractivity contribution in [3.8, 4) is 5.75 Å². The first-order chi connectivity index (χ1) is 8.58. The number of benzene rings is 1. The lowest BCUT2D eigenvalue weighted by Crippen LogP contribution is -2.25. The highest BCUT2D eigenvalue weighted by Gasteiger charge is 2.22. The molecule has 6 heteroatoms. The van der Waals surface area contributed by atoms with Crippen LogP contribution in [-0.4, -0.2) is 25.8 Å². The highest BCUT2D eigenvalue weighted by molar-refractivity contribution is 5.70. The average molecular weight is 247 g/mol. The van der Waals surface area contributed by atoms with Crippen molar-refractivity contribution in [2.24, 2.45) is 0 Å². The van der Waals surface area contributed by atoms with Gasteiger partial charge < -0.3 is 9.84 Å². The van der Waals surface area contributed by atoms with E-state index >= 15 is 0 Å². The molecule has 2 rings (SSSR count). The summed E-state index contributed by atoms with van der Waals surface area (Å²) in [6, 6.07) is 5.54. The average Bonchev–Trinajstić information content (AvgIpc) is 2.80. The standard InChI is InChI=1S/C12H13N3O3/c1-8-3-4-10(9(2)5-8)18-11(12(16)17)15-7-13-6-14-15/h3-7,11H,1-2H3,(H,16,17). The van der Waals surface area contributed by atoms with Crippen LogP contribution in [0.3, 0.4) is 0 Å². The summed E-state index contributed by atoms with van der Waals surface area (Å²) >= 11 is 0. The van der Waals surface area contributed by atoms with E-state index in [0.29, 0.717) is 5.75 Å². The Kier molecular flexibility index (Phi) is 3.27. The van der Waals surface area contributed by atoms with Gasteiger partial charge in [0.1, 0.15) is 18.4 Å². The maximum absolute atomic E-state index is 11.2. The molecule has 1 atom stereocenters.